The highest BCUT2D eigenvalue weighted by Crippen LogP contribution is 2.54. The lowest BCUT2D eigenvalue weighted by Crippen LogP contribution is -2.47. The van der Waals surface area contributed by atoms with Crippen molar-refractivity contribution in [3.8, 4) is 0 Å². The molecule has 2 amide bonds. The average Bonchev–Trinajstić information content (AvgIpc) is 3.26. The highest BCUT2D eigenvalue weighted by Gasteiger charge is 2.57. The second kappa shape index (κ2) is 8.78. The number of amides is 2. The average molecular weight is 417 g/mol. The Morgan fingerprint density at radius 3 is 2.48 bits per heavy atom. The van der Waals surface area contributed by atoms with E-state index >= 15 is 0 Å². The third-order valence-electron chi connectivity index (χ3n) is 6.17. The number of carbonyl (C=O) groups excluding carboxylic acids is 3. The fraction of sp³-hybridized carbons (Fsp3) is 0.591. The Morgan fingerprint density at radius 1 is 1.07 bits per heavy atom. The van der Waals surface area contributed by atoms with Crippen LogP contribution in [0.3, 0.4) is 0 Å². The van der Waals surface area contributed by atoms with Gasteiger partial charge < -0.3 is 14.5 Å². The lowest BCUT2D eigenvalue weighted by Gasteiger charge is -2.33. The first-order chi connectivity index (χ1) is 14.1. The van der Waals surface area contributed by atoms with Gasteiger partial charge in [-0.05, 0) is 24.8 Å². The molecule has 0 aromatic heterocycles. The van der Waals surface area contributed by atoms with Crippen molar-refractivity contribution < 1.29 is 19.1 Å². The monoisotopic (exact) mass is 416 g/mol. The summed E-state index contributed by atoms with van der Waals surface area (Å²) in [5, 5.41) is 0. The number of hydrogen-bond acceptors (Lipinski definition) is 5. The second-order valence-electron chi connectivity index (χ2n) is 8.00. The third kappa shape index (κ3) is 4.02. The van der Waals surface area contributed by atoms with Crippen LogP contribution in [0.4, 0.5) is 0 Å². The molecule has 3 aliphatic rings. The fourth-order valence-corrected chi connectivity index (χ4v) is 6.27. The largest absolute Gasteiger partial charge is 0.454 e. The van der Waals surface area contributed by atoms with E-state index in [9.17, 15) is 14.4 Å². The summed E-state index contributed by atoms with van der Waals surface area (Å²) in [6, 6.07) is 9.26. The molecule has 1 aromatic carbocycles. The molecule has 0 bridgehead atoms. The van der Waals surface area contributed by atoms with Crippen molar-refractivity contribution in [1.29, 1.82) is 0 Å². The molecule has 3 aliphatic heterocycles. The predicted molar refractivity (Wildman–Crippen MR) is 111 cm³/mol. The number of nitrogens with zero attached hydrogens (tertiary/aromatic N) is 2. The van der Waals surface area contributed by atoms with Crippen LogP contribution >= 0.6 is 11.8 Å². The van der Waals surface area contributed by atoms with Crippen LogP contribution in [0.2, 0.25) is 0 Å². The number of ether oxygens (including phenoxy) is 1. The fourth-order valence-electron chi connectivity index (χ4n) is 4.63. The van der Waals surface area contributed by atoms with Crippen molar-refractivity contribution in [2.24, 2.45) is 0 Å². The first-order valence-electron chi connectivity index (χ1n) is 10.6. The molecular weight excluding hydrogens is 388 g/mol. The molecule has 3 saturated heterocycles. The van der Waals surface area contributed by atoms with Gasteiger partial charge in [-0.15, -0.1) is 11.8 Å². The topological polar surface area (TPSA) is 66.9 Å². The van der Waals surface area contributed by atoms with Crippen LogP contribution in [0.1, 0.15) is 50.5 Å². The smallest absolute Gasteiger partial charge is 0.330 e. The van der Waals surface area contributed by atoms with Gasteiger partial charge in [0.1, 0.15) is 10.9 Å². The number of likely N-dealkylation sites (tertiary alicyclic amines) is 1. The standard InChI is InChI=1S/C22H28N2O4S/c25-19-11-12-22(17-9-5-4-6-10-17)24(19)18(16-29-22)21(27)28-15-20(26)23-13-7-2-1-3-8-14-23/h4-6,9-10,18H,1-3,7-8,11-16H2/t18-,22-/m0/s1. The van der Waals surface area contributed by atoms with Gasteiger partial charge in [-0.3, -0.25) is 9.59 Å². The molecule has 0 spiro atoms. The summed E-state index contributed by atoms with van der Waals surface area (Å²) in [6.45, 7) is 1.23. The number of esters is 1. The van der Waals surface area contributed by atoms with Gasteiger partial charge in [0.2, 0.25) is 5.91 Å². The van der Waals surface area contributed by atoms with Gasteiger partial charge in [0, 0.05) is 25.3 Å². The molecule has 7 heteroatoms. The van der Waals surface area contributed by atoms with Crippen molar-refractivity contribution in [2.75, 3.05) is 25.4 Å². The van der Waals surface area contributed by atoms with Crippen LogP contribution in [0, 0.1) is 0 Å². The lowest BCUT2D eigenvalue weighted by atomic mass is 10.0. The summed E-state index contributed by atoms with van der Waals surface area (Å²) in [4.78, 5) is 41.0. The molecule has 2 atom stereocenters. The number of fused-ring (bicyclic) bond motifs is 1. The molecule has 0 N–H and O–H groups in total. The van der Waals surface area contributed by atoms with Gasteiger partial charge in [-0.1, -0.05) is 49.6 Å². The molecule has 4 rings (SSSR count). The van der Waals surface area contributed by atoms with Crippen molar-refractivity contribution in [2.45, 2.75) is 55.9 Å². The summed E-state index contributed by atoms with van der Waals surface area (Å²) < 4.78 is 5.41. The van der Waals surface area contributed by atoms with Gasteiger partial charge in [-0.2, -0.15) is 0 Å². The van der Waals surface area contributed by atoms with Gasteiger partial charge in [-0.25, -0.2) is 4.79 Å². The van der Waals surface area contributed by atoms with Crippen LogP contribution in [-0.2, 0) is 24.0 Å². The molecule has 1 aromatic rings. The van der Waals surface area contributed by atoms with Crippen LogP contribution in [0.5, 0.6) is 0 Å². The zero-order valence-electron chi connectivity index (χ0n) is 16.7. The summed E-state index contributed by atoms with van der Waals surface area (Å²) in [7, 11) is 0. The first-order valence-corrected chi connectivity index (χ1v) is 11.6. The van der Waals surface area contributed by atoms with Crippen molar-refractivity contribution in [1.82, 2.24) is 9.80 Å². The van der Waals surface area contributed by atoms with Crippen molar-refractivity contribution in [3.05, 3.63) is 35.9 Å². The minimum atomic E-state index is -0.629. The second-order valence-corrected chi connectivity index (χ2v) is 9.29. The number of benzene rings is 1. The molecule has 0 aliphatic carbocycles. The Balaban J connectivity index is 1.40. The zero-order valence-corrected chi connectivity index (χ0v) is 17.5. The first kappa shape index (κ1) is 20.3. The molecule has 0 saturated carbocycles. The maximum Gasteiger partial charge on any atom is 0.330 e. The zero-order chi connectivity index (χ0) is 20.3. The number of hydrogen-bond donors (Lipinski definition) is 0. The molecule has 6 nitrogen and oxygen atoms in total. The summed E-state index contributed by atoms with van der Waals surface area (Å²) in [5.41, 5.74) is 1.04. The highest BCUT2D eigenvalue weighted by atomic mass is 32.2. The van der Waals surface area contributed by atoms with Crippen LogP contribution in [-0.4, -0.2) is 59.1 Å². The summed E-state index contributed by atoms with van der Waals surface area (Å²) >= 11 is 1.63. The SMILES string of the molecule is O=C(OCC(=O)N1CCCCCCC1)[C@@H]1CS[C@]2(c3ccccc3)CCC(=O)N12. The quantitative estimate of drug-likeness (QED) is 0.706. The van der Waals surface area contributed by atoms with Gasteiger partial charge in [0.05, 0.1) is 0 Å². The molecule has 156 valence electrons. The molecule has 3 fully saturated rings. The van der Waals surface area contributed by atoms with Crippen LogP contribution in [0.15, 0.2) is 30.3 Å². The summed E-state index contributed by atoms with van der Waals surface area (Å²) in [5.74, 6) is -0.119. The summed E-state index contributed by atoms with van der Waals surface area (Å²) in [6.07, 6.45) is 6.63. The Labute approximate surface area is 175 Å². The van der Waals surface area contributed by atoms with E-state index < -0.39 is 16.9 Å². The Hall–Kier alpha value is -2.02. The van der Waals surface area contributed by atoms with E-state index in [1.165, 1.54) is 6.42 Å². The van der Waals surface area contributed by atoms with Crippen LogP contribution in [0.25, 0.3) is 0 Å². The Kier molecular flexibility index (Phi) is 6.13. The third-order valence-corrected chi connectivity index (χ3v) is 7.77. The normalized spacial score (nSPS) is 27.3. The van der Waals surface area contributed by atoms with Crippen molar-refractivity contribution in [3.63, 3.8) is 0 Å². The minimum absolute atomic E-state index is 0.0177. The van der Waals surface area contributed by atoms with E-state index in [1.54, 1.807) is 16.7 Å². The Morgan fingerprint density at radius 2 is 1.76 bits per heavy atom. The van der Waals surface area contributed by atoms with E-state index in [1.807, 2.05) is 35.2 Å². The van der Waals surface area contributed by atoms with Gasteiger partial charge >= 0.3 is 5.97 Å². The van der Waals surface area contributed by atoms with Crippen molar-refractivity contribution >= 4 is 29.5 Å². The number of rotatable bonds is 4. The Bertz CT molecular complexity index is 763. The lowest BCUT2D eigenvalue weighted by molar-refractivity contribution is -0.158. The maximum absolute atomic E-state index is 12.8. The van der Waals surface area contributed by atoms with E-state index in [2.05, 4.69) is 0 Å². The maximum atomic E-state index is 12.8. The van der Waals surface area contributed by atoms with Crippen LogP contribution < -0.4 is 0 Å². The molecule has 0 unspecified atom stereocenters. The molecule has 0 radical (unpaired) electrons. The minimum Gasteiger partial charge on any atom is -0.454 e. The predicted octanol–water partition coefficient (Wildman–Crippen LogP) is 2.91. The molecule has 29 heavy (non-hydrogen) atoms. The van der Waals surface area contributed by atoms with E-state index in [4.69, 9.17) is 4.74 Å². The highest BCUT2D eigenvalue weighted by molar-refractivity contribution is 8.00. The van der Waals surface area contributed by atoms with Gasteiger partial charge in [0.25, 0.3) is 5.91 Å². The van der Waals surface area contributed by atoms with E-state index in [0.717, 1.165) is 44.3 Å². The molecule has 3 heterocycles. The molecular formula is C22H28N2O4S. The van der Waals surface area contributed by atoms with E-state index in [-0.39, 0.29) is 18.4 Å². The number of thioether (sulfide) groups is 1. The number of carbonyl (C=O) groups is 3. The van der Waals surface area contributed by atoms with Gasteiger partial charge in [0.15, 0.2) is 6.61 Å². The van der Waals surface area contributed by atoms with E-state index in [0.29, 0.717) is 18.6 Å².